The Hall–Kier alpha value is -0.940. The molecule has 5 aliphatic heterocycles. The largest absolute Gasteiger partial charge is 0.394 e. The normalized spacial score (nSPS) is 58.2. The van der Waals surface area contributed by atoms with Gasteiger partial charge in [-0.15, -0.1) is 0 Å². The smallest absolute Gasteiger partial charge is 0.187 e. The molecule has 5 heterocycles. The van der Waals surface area contributed by atoms with Crippen molar-refractivity contribution in [2.75, 3.05) is 19.8 Å². The van der Waals surface area contributed by atoms with Crippen LogP contribution in [0.4, 0.5) is 0 Å². The highest BCUT2D eigenvalue weighted by Crippen LogP contribution is 2.72. The molecule has 17 heteroatoms. The first kappa shape index (κ1) is 45.2. The third-order valence-electron chi connectivity index (χ3n) is 17.6. The van der Waals surface area contributed by atoms with Gasteiger partial charge in [-0.1, -0.05) is 39.3 Å². The lowest BCUT2D eigenvalue weighted by molar-refractivity contribution is -0.376. The fourth-order valence-corrected chi connectivity index (χ4v) is 13.8. The summed E-state index contributed by atoms with van der Waals surface area (Å²) in [5.41, 5.74) is -0.0704. The van der Waals surface area contributed by atoms with Crippen molar-refractivity contribution in [1.29, 1.82) is 0 Å². The highest BCUT2D eigenvalue weighted by atomic mass is 16.8. The van der Waals surface area contributed by atoms with Crippen LogP contribution in [0.3, 0.4) is 0 Å². The van der Waals surface area contributed by atoms with E-state index in [1.54, 1.807) is 0 Å². The molecule has 0 bridgehead atoms. The summed E-state index contributed by atoms with van der Waals surface area (Å²) in [4.78, 5) is 0. The highest BCUT2D eigenvalue weighted by molar-refractivity contribution is 5.29. The number of ether oxygens (including phenoxy) is 8. The molecular weight excluding hydrogens is 800 g/mol. The second-order valence-electron chi connectivity index (χ2n) is 20.7. The molecule has 1 spiro atoms. The van der Waals surface area contributed by atoms with Gasteiger partial charge in [0.1, 0.15) is 66.6 Å². The lowest BCUT2D eigenvalue weighted by Gasteiger charge is -2.60. The molecule has 8 fully saturated rings. The summed E-state index contributed by atoms with van der Waals surface area (Å²) in [7, 11) is 0. The third-order valence-corrected chi connectivity index (χ3v) is 17.6. The van der Waals surface area contributed by atoms with Crippen molar-refractivity contribution >= 4 is 0 Å². The molecule has 5 saturated heterocycles. The molecule has 21 unspecified atom stereocenters. The summed E-state index contributed by atoms with van der Waals surface area (Å²) in [6, 6.07) is 0. The first-order valence-corrected chi connectivity index (χ1v) is 22.9. The van der Waals surface area contributed by atoms with Gasteiger partial charge in [-0.2, -0.15) is 0 Å². The van der Waals surface area contributed by atoms with Crippen molar-refractivity contribution in [3.05, 3.63) is 11.6 Å². The van der Waals surface area contributed by atoms with Crippen molar-refractivity contribution in [2.45, 2.75) is 202 Å². The molecular formula is C44H70O17. The van der Waals surface area contributed by atoms with E-state index in [1.165, 1.54) is 12.5 Å². The predicted molar refractivity (Wildman–Crippen MR) is 210 cm³/mol. The number of aliphatic hydroxyl groups is 9. The Morgan fingerprint density at radius 1 is 0.705 bits per heavy atom. The maximum absolute atomic E-state index is 12.8. The summed E-state index contributed by atoms with van der Waals surface area (Å²) in [5.74, 6) is 0.726. The minimum atomic E-state index is -1.74. The highest BCUT2D eigenvalue weighted by Gasteiger charge is 2.76. The van der Waals surface area contributed by atoms with Gasteiger partial charge < -0.3 is 83.9 Å². The monoisotopic (exact) mass is 870 g/mol. The Kier molecular flexibility index (Phi) is 12.2. The van der Waals surface area contributed by atoms with Crippen LogP contribution in [0.15, 0.2) is 11.6 Å². The molecule has 3 saturated carbocycles. The third kappa shape index (κ3) is 6.97. The summed E-state index contributed by atoms with van der Waals surface area (Å²) in [5, 5.41) is 97.8. The van der Waals surface area contributed by atoms with Gasteiger partial charge in [0.15, 0.2) is 24.7 Å². The van der Waals surface area contributed by atoms with Crippen molar-refractivity contribution in [3.63, 3.8) is 0 Å². The summed E-state index contributed by atoms with van der Waals surface area (Å²) >= 11 is 0. The van der Waals surface area contributed by atoms with Crippen molar-refractivity contribution in [3.8, 4) is 0 Å². The first-order valence-electron chi connectivity index (χ1n) is 22.9. The Labute approximate surface area is 357 Å². The van der Waals surface area contributed by atoms with E-state index in [-0.39, 0.29) is 29.0 Å². The van der Waals surface area contributed by atoms with E-state index in [0.717, 1.165) is 44.9 Å². The Balaban J connectivity index is 0.909. The summed E-state index contributed by atoms with van der Waals surface area (Å²) in [6.07, 6.45) is -11.1. The van der Waals surface area contributed by atoms with E-state index in [4.69, 9.17) is 37.9 Å². The van der Waals surface area contributed by atoms with E-state index < -0.39 is 111 Å². The van der Waals surface area contributed by atoms with Crippen molar-refractivity contribution in [1.82, 2.24) is 0 Å². The van der Waals surface area contributed by atoms with Crippen LogP contribution in [0, 0.1) is 40.4 Å². The fraction of sp³-hybridized carbons (Fsp3) is 0.955. The Morgan fingerprint density at radius 2 is 1.38 bits per heavy atom. The lowest BCUT2D eigenvalue weighted by Crippen LogP contribution is -2.65. The minimum absolute atomic E-state index is 0.0966. The number of hydrogen-bond acceptors (Lipinski definition) is 17. The Bertz CT molecular complexity index is 1610. The zero-order valence-corrected chi connectivity index (χ0v) is 36.0. The number of hydrogen-bond donors (Lipinski definition) is 9. The van der Waals surface area contributed by atoms with Gasteiger partial charge in [-0.3, -0.25) is 0 Å². The molecule has 0 amide bonds. The standard InChI is InChI=1S/C44H70O17/c1-19-8-13-43(54-18-19)21(3)44(53)29(61-43)15-26-24-7-6-22-14-23(9-11-41(22,4)25(24)10-12-42(26,44)5)56-40-35(52)37(60-38-34(51)32(49)30(47)20(2)55-38)36(28(17-46)58-40)59-39-33(50)31(48)27(16-45)57-39/h6,19-21,23-40,45-53H,7-18H2,1-5H3/t19?,20?,21?,23?,24?,25?,26?,27?,28?,29?,30?,31?,32?,33?,34?,35?,36?,37?,38?,39?,40?,41-,42-,43+,44+/m0/s1. The molecule has 9 N–H and O–H groups in total. The molecule has 4 aliphatic carbocycles. The minimum Gasteiger partial charge on any atom is -0.394 e. The van der Waals surface area contributed by atoms with Crippen molar-refractivity contribution < 1.29 is 83.9 Å². The average molecular weight is 871 g/mol. The Morgan fingerprint density at radius 3 is 2.07 bits per heavy atom. The molecule has 0 aromatic heterocycles. The topological polar surface area (TPSA) is 256 Å². The molecule has 9 rings (SSSR count). The van der Waals surface area contributed by atoms with Crippen LogP contribution >= 0.6 is 0 Å². The maximum atomic E-state index is 12.8. The maximum Gasteiger partial charge on any atom is 0.187 e. The number of fused-ring (bicyclic) bond motifs is 7. The zero-order chi connectivity index (χ0) is 43.6. The number of aliphatic hydroxyl groups excluding tert-OH is 8. The van der Waals surface area contributed by atoms with Gasteiger partial charge in [-0.25, -0.2) is 0 Å². The second kappa shape index (κ2) is 16.4. The van der Waals surface area contributed by atoms with Gasteiger partial charge in [0.2, 0.25) is 0 Å². The molecule has 0 aromatic carbocycles. The van der Waals surface area contributed by atoms with E-state index >= 15 is 0 Å². The SMILES string of the molecule is CC1CC[C@@]2(OC1)OC1CC3C4CC=C5CC(OC6OC(CO)C(OC7OC(CO)C(O)C7O)C(OC7OC(C)C(O)C(O)C7O)C6O)CC[C@]5(C)C4CC[C@]3(C)[C@@]1(O)C2C. The van der Waals surface area contributed by atoms with E-state index in [2.05, 4.69) is 33.8 Å². The van der Waals surface area contributed by atoms with Crippen LogP contribution < -0.4 is 0 Å². The van der Waals surface area contributed by atoms with Gasteiger partial charge in [0.05, 0.1) is 38.1 Å². The zero-order valence-electron chi connectivity index (χ0n) is 36.0. The van der Waals surface area contributed by atoms with Gasteiger partial charge in [0, 0.05) is 17.8 Å². The molecule has 17 nitrogen and oxygen atoms in total. The number of allylic oxidation sites excluding steroid dienone is 1. The quantitative estimate of drug-likeness (QED) is 0.145. The predicted octanol–water partition coefficient (Wildman–Crippen LogP) is -0.0319. The molecule has 348 valence electrons. The second-order valence-corrected chi connectivity index (χ2v) is 20.7. The van der Waals surface area contributed by atoms with Gasteiger partial charge in [0.25, 0.3) is 0 Å². The van der Waals surface area contributed by atoms with E-state index in [0.29, 0.717) is 43.1 Å². The van der Waals surface area contributed by atoms with E-state index in [1.807, 2.05) is 0 Å². The average Bonchev–Trinajstić information content (AvgIpc) is 3.74. The molecule has 25 atom stereocenters. The van der Waals surface area contributed by atoms with Gasteiger partial charge in [-0.05, 0) is 87.4 Å². The summed E-state index contributed by atoms with van der Waals surface area (Å²) in [6.45, 7) is 9.86. The molecule has 0 radical (unpaired) electrons. The molecule has 9 aliphatic rings. The number of rotatable bonds is 8. The van der Waals surface area contributed by atoms with Crippen LogP contribution in [0.2, 0.25) is 0 Å². The van der Waals surface area contributed by atoms with Crippen LogP contribution in [0.5, 0.6) is 0 Å². The molecule has 61 heavy (non-hydrogen) atoms. The lowest BCUT2D eigenvalue weighted by atomic mass is 9.46. The van der Waals surface area contributed by atoms with Crippen LogP contribution in [-0.2, 0) is 37.9 Å². The molecule has 0 aromatic rings. The first-order chi connectivity index (χ1) is 28.9. The fourth-order valence-electron chi connectivity index (χ4n) is 13.8. The van der Waals surface area contributed by atoms with Crippen LogP contribution in [-0.4, -0.2) is 175 Å². The van der Waals surface area contributed by atoms with Gasteiger partial charge >= 0.3 is 0 Å². The van der Waals surface area contributed by atoms with Crippen molar-refractivity contribution in [2.24, 2.45) is 40.4 Å². The summed E-state index contributed by atoms with van der Waals surface area (Å²) < 4.78 is 49.4. The van der Waals surface area contributed by atoms with Crippen LogP contribution in [0.25, 0.3) is 0 Å². The van der Waals surface area contributed by atoms with Crippen LogP contribution in [0.1, 0.15) is 92.4 Å². The van der Waals surface area contributed by atoms with E-state index in [9.17, 15) is 46.0 Å².